The van der Waals surface area contributed by atoms with Crippen molar-refractivity contribution in [2.75, 3.05) is 0 Å². The molecule has 1 aromatic carbocycles. The fourth-order valence-corrected chi connectivity index (χ4v) is 3.54. The Bertz CT molecular complexity index is 524. The average Bonchev–Trinajstić information content (AvgIpc) is 2.43. The van der Waals surface area contributed by atoms with E-state index in [1.54, 1.807) is 0 Å². The Labute approximate surface area is 121 Å². The summed E-state index contributed by atoms with van der Waals surface area (Å²) in [5, 5.41) is 9.53. The van der Waals surface area contributed by atoms with Gasteiger partial charge < -0.3 is 0 Å². The van der Waals surface area contributed by atoms with Crippen molar-refractivity contribution in [3.63, 3.8) is 0 Å². The molecule has 106 valence electrons. The molecule has 1 aromatic rings. The first-order valence-corrected chi connectivity index (χ1v) is 7.55. The van der Waals surface area contributed by atoms with Gasteiger partial charge in [0.1, 0.15) is 5.92 Å². The van der Waals surface area contributed by atoms with Crippen molar-refractivity contribution in [3.05, 3.63) is 34.4 Å². The van der Waals surface area contributed by atoms with E-state index in [0.717, 1.165) is 42.4 Å². The van der Waals surface area contributed by atoms with Crippen molar-refractivity contribution >= 4 is 5.78 Å². The maximum atomic E-state index is 12.7. The van der Waals surface area contributed by atoms with E-state index in [2.05, 4.69) is 18.2 Å². The van der Waals surface area contributed by atoms with Crippen LogP contribution in [0, 0.1) is 38.0 Å². The van der Waals surface area contributed by atoms with Crippen molar-refractivity contribution in [2.45, 2.75) is 58.8 Å². The molecular formula is C18H23NO. The standard InChI is InChI=1S/C18H23NO/c1-12-9-13(2)17(14(3)10-12)16(11-19)18(20)15-7-5-4-6-8-15/h9-10,15-16H,4-8H2,1-3H3. The molecule has 20 heavy (non-hydrogen) atoms. The van der Waals surface area contributed by atoms with Gasteiger partial charge in [-0.05, 0) is 50.3 Å². The molecule has 0 radical (unpaired) electrons. The molecular weight excluding hydrogens is 246 g/mol. The third kappa shape index (κ3) is 2.93. The summed E-state index contributed by atoms with van der Waals surface area (Å²) in [5.41, 5.74) is 4.26. The number of hydrogen-bond donors (Lipinski definition) is 0. The highest BCUT2D eigenvalue weighted by molar-refractivity contribution is 5.91. The molecule has 2 heteroatoms. The van der Waals surface area contributed by atoms with Crippen LogP contribution in [0.3, 0.4) is 0 Å². The molecule has 0 saturated heterocycles. The zero-order valence-corrected chi connectivity index (χ0v) is 12.7. The van der Waals surface area contributed by atoms with Gasteiger partial charge in [0.25, 0.3) is 0 Å². The normalized spacial score (nSPS) is 17.5. The topological polar surface area (TPSA) is 40.9 Å². The van der Waals surface area contributed by atoms with Crippen LogP contribution in [0.15, 0.2) is 12.1 Å². The number of hydrogen-bond acceptors (Lipinski definition) is 2. The zero-order chi connectivity index (χ0) is 14.7. The Hall–Kier alpha value is -1.62. The Balaban J connectivity index is 2.33. The number of carbonyl (C=O) groups excluding carboxylic acids is 1. The number of benzene rings is 1. The summed E-state index contributed by atoms with van der Waals surface area (Å²) in [6.45, 7) is 6.07. The van der Waals surface area contributed by atoms with E-state index in [-0.39, 0.29) is 11.7 Å². The summed E-state index contributed by atoms with van der Waals surface area (Å²) in [5.74, 6) is -0.352. The monoisotopic (exact) mass is 269 g/mol. The fraction of sp³-hybridized carbons (Fsp3) is 0.556. The van der Waals surface area contributed by atoms with Gasteiger partial charge in [0.2, 0.25) is 0 Å². The van der Waals surface area contributed by atoms with E-state index in [9.17, 15) is 10.1 Å². The second kappa shape index (κ2) is 6.22. The number of nitrogens with zero attached hydrogens (tertiary/aromatic N) is 1. The summed E-state index contributed by atoms with van der Waals surface area (Å²) < 4.78 is 0. The van der Waals surface area contributed by atoms with E-state index >= 15 is 0 Å². The number of Topliss-reactive ketones (excluding diaryl/α,β-unsaturated/α-hetero) is 1. The molecule has 0 spiro atoms. The third-order valence-electron chi connectivity index (χ3n) is 4.45. The van der Waals surface area contributed by atoms with Gasteiger partial charge in [-0.1, -0.05) is 37.0 Å². The summed E-state index contributed by atoms with van der Waals surface area (Å²) in [4.78, 5) is 12.7. The minimum atomic E-state index is -0.585. The molecule has 0 heterocycles. The summed E-state index contributed by atoms with van der Waals surface area (Å²) in [6, 6.07) is 6.41. The maximum Gasteiger partial charge on any atom is 0.157 e. The molecule has 0 aromatic heterocycles. The van der Waals surface area contributed by atoms with Crippen LogP contribution in [0.5, 0.6) is 0 Å². The maximum absolute atomic E-state index is 12.7. The van der Waals surface area contributed by atoms with Crippen molar-refractivity contribution < 1.29 is 4.79 Å². The first-order chi connectivity index (χ1) is 9.54. The van der Waals surface area contributed by atoms with Gasteiger partial charge in [-0.25, -0.2) is 0 Å². The molecule has 1 saturated carbocycles. The molecule has 0 aliphatic heterocycles. The highest BCUT2D eigenvalue weighted by atomic mass is 16.1. The van der Waals surface area contributed by atoms with E-state index in [0.29, 0.717) is 0 Å². The Kier molecular flexibility index (Phi) is 4.60. The van der Waals surface area contributed by atoms with Crippen LogP contribution in [-0.2, 0) is 4.79 Å². The fourth-order valence-electron chi connectivity index (χ4n) is 3.54. The van der Waals surface area contributed by atoms with Gasteiger partial charge >= 0.3 is 0 Å². The molecule has 0 N–H and O–H groups in total. The smallest absolute Gasteiger partial charge is 0.157 e. The predicted octanol–water partition coefficient (Wildman–Crippen LogP) is 4.37. The Morgan fingerprint density at radius 1 is 1.15 bits per heavy atom. The minimum absolute atomic E-state index is 0.0912. The molecule has 1 fully saturated rings. The van der Waals surface area contributed by atoms with E-state index in [1.807, 2.05) is 20.8 Å². The van der Waals surface area contributed by atoms with Crippen molar-refractivity contribution in [1.29, 1.82) is 5.26 Å². The van der Waals surface area contributed by atoms with Gasteiger partial charge in [-0.15, -0.1) is 0 Å². The van der Waals surface area contributed by atoms with Gasteiger partial charge in [0.15, 0.2) is 5.78 Å². The van der Waals surface area contributed by atoms with Gasteiger partial charge in [-0.3, -0.25) is 4.79 Å². The van der Waals surface area contributed by atoms with Crippen molar-refractivity contribution in [1.82, 2.24) is 0 Å². The van der Waals surface area contributed by atoms with Crippen LogP contribution >= 0.6 is 0 Å². The average molecular weight is 269 g/mol. The minimum Gasteiger partial charge on any atom is -0.298 e. The number of aryl methyl sites for hydroxylation is 3. The highest BCUT2D eigenvalue weighted by Gasteiger charge is 2.31. The zero-order valence-electron chi connectivity index (χ0n) is 12.7. The quantitative estimate of drug-likeness (QED) is 0.817. The summed E-state index contributed by atoms with van der Waals surface area (Å²) >= 11 is 0. The molecule has 1 aliphatic rings. The van der Waals surface area contributed by atoms with Crippen LogP contribution < -0.4 is 0 Å². The molecule has 1 unspecified atom stereocenters. The van der Waals surface area contributed by atoms with Crippen molar-refractivity contribution in [3.8, 4) is 6.07 Å². The largest absolute Gasteiger partial charge is 0.298 e. The number of nitriles is 1. The van der Waals surface area contributed by atoms with Crippen LogP contribution in [-0.4, -0.2) is 5.78 Å². The second-order valence-corrected chi connectivity index (χ2v) is 6.11. The van der Waals surface area contributed by atoms with Crippen molar-refractivity contribution in [2.24, 2.45) is 5.92 Å². The Morgan fingerprint density at radius 2 is 1.70 bits per heavy atom. The summed E-state index contributed by atoms with van der Waals surface area (Å²) in [6.07, 6.45) is 5.40. The molecule has 1 aliphatic carbocycles. The van der Waals surface area contributed by atoms with Gasteiger partial charge in [-0.2, -0.15) is 5.26 Å². The van der Waals surface area contributed by atoms with Crippen LogP contribution in [0.1, 0.15) is 60.3 Å². The van der Waals surface area contributed by atoms with E-state index in [1.165, 1.54) is 12.0 Å². The Morgan fingerprint density at radius 3 is 2.20 bits per heavy atom. The van der Waals surface area contributed by atoms with Gasteiger partial charge in [0, 0.05) is 5.92 Å². The van der Waals surface area contributed by atoms with Crippen LogP contribution in [0.25, 0.3) is 0 Å². The molecule has 0 amide bonds. The lowest BCUT2D eigenvalue weighted by Crippen LogP contribution is -2.24. The first kappa shape index (κ1) is 14.8. The van der Waals surface area contributed by atoms with E-state index in [4.69, 9.17) is 0 Å². The van der Waals surface area contributed by atoms with E-state index < -0.39 is 5.92 Å². The van der Waals surface area contributed by atoms with Gasteiger partial charge in [0.05, 0.1) is 6.07 Å². The lowest BCUT2D eigenvalue weighted by molar-refractivity contribution is -0.124. The molecule has 2 rings (SSSR count). The predicted molar refractivity (Wildman–Crippen MR) is 80.6 cm³/mol. The molecule has 2 nitrogen and oxygen atoms in total. The second-order valence-electron chi connectivity index (χ2n) is 6.11. The number of ketones is 1. The molecule has 1 atom stereocenters. The number of rotatable bonds is 3. The summed E-state index contributed by atoms with van der Waals surface area (Å²) in [7, 11) is 0. The van der Waals surface area contributed by atoms with Crippen LogP contribution in [0.4, 0.5) is 0 Å². The third-order valence-corrected chi connectivity index (χ3v) is 4.45. The molecule has 0 bridgehead atoms. The SMILES string of the molecule is Cc1cc(C)c(C(C#N)C(=O)C2CCCCC2)c(C)c1. The first-order valence-electron chi connectivity index (χ1n) is 7.55. The lowest BCUT2D eigenvalue weighted by Gasteiger charge is -2.24. The number of carbonyl (C=O) groups is 1. The lowest BCUT2D eigenvalue weighted by atomic mass is 9.78. The highest BCUT2D eigenvalue weighted by Crippen LogP contribution is 2.33. The van der Waals surface area contributed by atoms with Crippen LogP contribution in [0.2, 0.25) is 0 Å².